The van der Waals surface area contributed by atoms with E-state index in [4.69, 9.17) is 4.42 Å². The molecule has 1 aliphatic carbocycles. The van der Waals surface area contributed by atoms with Gasteiger partial charge in [0, 0.05) is 6.20 Å². The highest BCUT2D eigenvalue weighted by molar-refractivity contribution is 6.00. The number of halogens is 1. The maximum absolute atomic E-state index is 12.9. The first-order valence-electron chi connectivity index (χ1n) is 7.91. The molecule has 1 atom stereocenters. The van der Waals surface area contributed by atoms with Crippen LogP contribution in [0.2, 0.25) is 0 Å². The zero-order valence-electron chi connectivity index (χ0n) is 13.4. The number of nitrogens with one attached hydrogen (secondary N) is 1. The number of rotatable bonds is 5. The van der Waals surface area contributed by atoms with Crippen LogP contribution in [0.5, 0.6) is 0 Å². The lowest BCUT2D eigenvalue weighted by Crippen LogP contribution is -2.12. The molecule has 9 heteroatoms. The number of hydrogen-bond donors (Lipinski definition) is 1. The van der Waals surface area contributed by atoms with E-state index >= 15 is 0 Å². The molecular weight excluding hydrogens is 327 g/mol. The van der Waals surface area contributed by atoms with Crippen LogP contribution in [0.15, 0.2) is 35.1 Å². The van der Waals surface area contributed by atoms with E-state index in [9.17, 15) is 9.18 Å². The number of hydrogen-bond acceptors (Lipinski definition) is 6. The van der Waals surface area contributed by atoms with Crippen molar-refractivity contribution < 1.29 is 13.6 Å². The summed E-state index contributed by atoms with van der Waals surface area (Å²) in [4.78, 5) is 16.0. The van der Waals surface area contributed by atoms with Crippen LogP contribution < -0.4 is 5.32 Å². The van der Waals surface area contributed by atoms with Crippen LogP contribution in [-0.2, 0) is 0 Å². The van der Waals surface area contributed by atoms with Gasteiger partial charge in [0.1, 0.15) is 11.5 Å². The van der Waals surface area contributed by atoms with Gasteiger partial charge in [-0.25, -0.2) is 9.37 Å². The molecule has 25 heavy (non-hydrogen) atoms. The predicted octanol–water partition coefficient (Wildman–Crippen LogP) is 2.69. The predicted molar refractivity (Wildman–Crippen MR) is 85.1 cm³/mol. The van der Waals surface area contributed by atoms with Crippen molar-refractivity contribution in [2.75, 3.05) is 5.32 Å². The lowest BCUT2D eigenvalue weighted by atomic mass is 10.2. The minimum absolute atomic E-state index is 0.0446. The van der Waals surface area contributed by atoms with Gasteiger partial charge in [0.05, 0.1) is 24.1 Å². The molecule has 1 saturated carbocycles. The Kier molecular flexibility index (Phi) is 3.75. The summed E-state index contributed by atoms with van der Waals surface area (Å²) in [5, 5.41) is 14.4. The second kappa shape index (κ2) is 6.08. The third kappa shape index (κ3) is 3.25. The highest BCUT2D eigenvalue weighted by Gasteiger charge is 2.29. The average molecular weight is 342 g/mol. The molecule has 0 bridgehead atoms. The molecule has 1 N–H and O–H groups in total. The maximum atomic E-state index is 12.9. The third-order valence-electron chi connectivity index (χ3n) is 4.15. The Balaban J connectivity index is 1.45. The topological polar surface area (TPSA) is 98.7 Å². The van der Waals surface area contributed by atoms with Crippen molar-refractivity contribution in [2.45, 2.75) is 25.8 Å². The van der Waals surface area contributed by atoms with Crippen molar-refractivity contribution in [3.8, 4) is 11.6 Å². The van der Waals surface area contributed by atoms with E-state index in [-0.39, 0.29) is 11.8 Å². The van der Waals surface area contributed by atoms with Crippen molar-refractivity contribution in [2.24, 2.45) is 5.92 Å². The van der Waals surface area contributed by atoms with Crippen LogP contribution in [0.25, 0.3) is 11.6 Å². The summed E-state index contributed by atoms with van der Waals surface area (Å²) in [7, 11) is 0. The molecule has 128 valence electrons. The van der Waals surface area contributed by atoms with Crippen molar-refractivity contribution in [3.05, 3.63) is 42.4 Å². The summed E-state index contributed by atoms with van der Waals surface area (Å²) in [6.45, 7) is 2.11. The van der Waals surface area contributed by atoms with Crippen molar-refractivity contribution in [1.82, 2.24) is 25.0 Å². The van der Waals surface area contributed by atoms with E-state index in [1.54, 1.807) is 12.4 Å². The SMILES string of the molecule is CC(C1CC1)n1cc(NC(=O)c2nnc(-c3ccc(F)cn3)o2)cn1. The lowest BCUT2D eigenvalue weighted by Gasteiger charge is -2.09. The average Bonchev–Trinajstić information content (AvgIpc) is 3.15. The molecule has 3 aromatic rings. The Morgan fingerprint density at radius 3 is 2.92 bits per heavy atom. The van der Waals surface area contributed by atoms with E-state index in [1.807, 2.05) is 4.68 Å². The van der Waals surface area contributed by atoms with Gasteiger partial charge in [-0.3, -0.25) is 9.48 Å². The van der Waals surface area contributed by atoms with Gasteiger partial charge in [0.15, 0.2) is 0 Å². The number of aromatic nitrogens is 5. The largest absolute Gasteiger partial charge is 0.411 e. The summed E-state index contributed by atoms with van der Waals surface area (Å²) >= 11 is 0. The van der Waals surface area contributed by atoms with E-state index in [1.165, 1.54) is 25.0 Å². The molecule has 3 aromatic heterocycles. The van der Waals surface area contributed by atoms with E-state index < -0.39 is 11.7 Å². The molecule has 0 aromatic carbocycles. The highest BCUT2D eigenvalue weighted by Crippen LogP contribution is 2.39. The van der Waals surface area contributed by atoms with Gasteiger partial charge in [0.2, 0.25) is 0 Å². The third-order valence-corrected chi connectivity index (χ3v) is 4.15. The highest BCUT2D eigenvalue weighted by atomic mass is 19.1. The molecule has 0 radical (unpaired) electrons. The fraction of sp³-hybridized carbons (Fsp3) is 0.312. The second-order valence-corrected chi connectivity index (χ2v) is 6.02. The zero-order valence-corrected chi connectivity index (χ0v) is 13.4. The fourth-order valence-corrected chi connectivity index (χ4v) is 2.53. The van der Waals surface area contributed by atoms with Crippen LogP contribution in [0.3, 0.4) is 0 Å². The maximum Gasteiger partial charge on any atom is 0.313 e. The number of amides is 1. The molecule has 1 unspecified atom stereocenters. The summed E-state index contributed by atoms with van der Waals surface area (Å²) in [6, 6.07) is 2.93. The molecule has 3 heterocycles. The van der Waals surface area contributed by atoms with Crippen molar-refractivity contribution in [1.29, 1.82) is 0 Å². The molecule has 1 aliphatic rings. The first-order chi connectivity index (χ1) is 12.1. The minimum Gasteiger partial charge on any atom is -0.411 e. The van der Waals surface area contributed by atoms with E-state index in [0.29, 0.717) is 23.3 Å². The first kappa shape index (κ1) is 15.4. The van der Waals surface area contributed by atoms with Gasteiger partial charge in [-0.2, -0.15) is 5.10 Å². The van der Waals surface area contributed by atoms with Gasteiger partial charge in [0.25, 0.3) is 5.89 Å². The Morgan fingerprint density at radius 2 is 2.20 bits per heavy atom. The van der Waals surface area contributed by atoms with Crippen LogP contribution >= 0.6 is 0 Å². The van der Waals surface area contributed by atoms with Crippen molar-refractivity contribution in [3.63, 3.8) is 0 Å². The number of anilines is 1. The summed E-state index contributed by atoms with van der Waals surface area (Å²) in [5.74, 6) is -0.518. The Labute approximate surface area is 142 Å². The van der Waals surface area contributed by atoms with Crippen LogP contribution in [0.1, 0.15) is 36.5 Å². The molecule has 1 amide bonds. The Bertz CT molecular complexity index is 900. The van der Waals surface area contributed by atoms with Gasteiger partial charge in [-0.15, -0.1) is 10.2 Å². The number of pyridine rings is 1. The molecule has 8 nitrogen and oxygen atoms in total. The first-order valence-corrected chi connectivity index (χ1v) is 7.91. The van der Waals surface area contributed by atoms with Crippen molar-refractivity contribution >= 4 is 11.6 Å². The number of carbonyl (C=O) groups excluding carboxylic acids is 1. The Hall–Kier alpha value is -3.10. The summed E-state index contributed by atoms with van der Waals surface area (Å²) in [5.41, 5.74) is 0.844. The number of nitrogens with zero attached hydrogens (tertiary/aromatic N) is 5. The number of carbonyl (C=O) groups is 1. The molecule has 0 saturated heterocycles. The van der Waals surface area contributed by atoms with E-state index in [0.717, 1.165) is 6.20 Å². The van der Waals surface area contributed by atoms with Crippen LogP contribution in [0, 0.1) is 11.7 Å². The fourth-order valence-electron chi connectivity index (χ4n) is 2.53. The smallest absolute Gasteiger partial charge is 0.313 e. The normalized spacial score (nSPS) is 15.1. The molecule has 4 rings (SSSR count). The van der Waals surface area contributed by atoms with Gasteiger partial charge >= 0.3 is 11.8 Å². The standard InChI is InChI=1S/C16H15FN6O2/c1-9(10-2-3-10)23-8-12(7-19-23)20-14(24)16-22-21-15(25-16)13-5-4-11(17)6-18-13/h4-10H,2-3H2,1H3,(H,20,24). The summed E-state index contributed by atoms with van der Waals surface area (Å²) < 4.78 is 20.0. The van der Waals surface area contributed by atoms with E-state index in [2.05, 4.69) is 32.5 Å². The lowest BCUT2D eigenvalue weighted by molar-refractivity contribution is 0.0991. The van der Waals surface area contributed by atoms with Crippen LogP contribution in [-0.4, -0.2) is 30.9 Å². The van der Waals surface area contributed by atoms with Gasteiger partial charge < -0.3 is 9.73 Å². The van der Waals surface area contributed by atoms with Crippen LogP contribution in [0.4, 0.5) is 10.1 Å². The molecule has 1 fully saturated rings. The second-order valence-electron chi connectivity index (χ2n) is 6.02. The van der Waals surface area contributed by atoms with Gasteiger partial charge in [-0.1, -0.05) is 0 Å². The minimum atomic E-state index is -0.542. The Morgan fingerprint density at radius 1 is 1.36 bits per heavy atom. The molecule has 0 spiro atoms. The molecule has 0 aliphatic heterocycles. The van der Waals surface area contributed by atoms with Gasteiger partial charge in [-0.05, 0) is 37.8 Å². The monoisotopic (exact) mass is 342 g/mol. The quantitative estimate of drug-likeness (QED) is 0.765. The zero-order chi connectivity index (χ0) is 17.4. The summed E-state index contributed by atoms with van der Waals surface area (Å²) in [6.07, 6.45) is 6.82. The molecular formula is C16H15FN6O2.